The molecule has 0 aliphatic carbocycles. The van der Waals surface area contributed by atoms with Crippen molar-refractivity contribution in [3.63, 3.8) is 0 Å². The van der Waals surface area contributed by atoms with Crippen LogP contribution in [0.1, 0.15) is 22.0 Å². The molecule has 0 spiro atoms. The van der Waals surface area contributed by atoms with Gasteiger partial charge < -0.3 is 10.4 Å². The van der Waals surface area contributed by atoms with Crippen LogP contribution in [-0.2, 0) is 4.79 Å². The first kappa shape index (κ1) is 15.5. The first-order valence-corrected chi connectivity index (χ1v) is 6.89. The monoisotopic (exact) mass is 295 g/mol. The molecule has 0 aliphatic rings. The van der Waals surface area contributed by atoms with E-state index in [1.165, 1.54) is 6.08 Å². The van der Waals surface area contributed by atoms with Crippen LogP contribution >= 0.6 is 0 Å². The molecule has 0 unspecified atom stereocenters. The van der Waals surface area contributed by atoms with E-state index in [4.69, 9.17) is 0 Å². The normalized spacial score (nSPS) is 12.9. The molecular weight excluding hydrogens is 278 g/mol. The number of rotatable bonds is 6. The quantitative estimate of drug-likeness (QED) is 0.805. The second-order valence-corrected chi connectivity index (χ2v) is 4.83. The van der Waals surface area contributed by atoms with Crippen molar-refractivity contribution in [3.8, 4) is 0 Å². The Labute approximate surface area is 129 Å². The summed E-state index contributed by atoms with van der Waals surface area (Å²) >= 11 is 0. The minimum Gasteiger partial charge on any atom is -0.481 e. The van der Waals surface area contributed by atoms with Crippen LogP contribution in [0.25, 0.3) is 0 Å². The highest BCUT2D eigenvalue weighted by Crippen LogP contribution is 2.24. The lowest BCUT2D eigenvalue weighted by atomic mass is 9.92. The highest BCUT2D eigenvalue weighted by atomic mass is 16.4. The molecular formula is C18H17NO3. The standard InChI is InChI=1S/C18H17NO3/c1-2-15(18(21)22)16(13-9-5-3-6-10-13)19-17(20)14-11-7-4-8-12-14/h2-12,15-16H,1H2,(H,19,20)(H,21,22)/t15-,16+/m1/s1. The van der Waals surface area contributed by atoms with E-state index in [0.717, 1.165) is 5.56 Å². The predicted octanol–water partition coefficient (Wildman–Crippen LogP) is 3.04. The number of nitrogens with one attached hydrogen (secondary N) is 1. The first-order valence-electron chi connectivity index (χ1n) is 6.89. The van der Waals surface area contributed by atoms with Gasteiger partial charge in [-0.3, -0.25) is 9.59 Å². The number of benzene rings is 2. The smallest absolute Gasteiger partial charge is 0.312 e. The molecule has 112 valence electrons. The van der Waals surface area contributed by atoms with Gasteiger partial charge >= 0.3 is 5.97 Å². The average molecular weight is 295 g/mol. The van der Waals surface area contributed by atoms with Gasteiger partial charge in [-0.25, -0.2) is 0 Å². The maximum absolute atomic E-state index is 12.3. The Morgan fingerprint density at radius 1 is 1.00 bits per heavy atom. The summed E-state index contributed by atoms with van der Waals surface area (Å²) in [4.78, 5) is 23.8. The zero-order chi connectivity index (χ0) is 15.9. The minimum absolute atomic E-state index is 0.317. The molecule has 0 heterocycles. The minimum atomic E-state index is -1.03. The number of carbonyl (C=O) groups is 2. The molecule has 4 nitrogen and oxygen atoms in total. The van der Waals surface area contributed by atoms with E-state index in [9.17, 15) is 14.7 Å². The maximum atomic E-state index is 12.3. The lowest BCUT2D eigenvalue weighted by molar-refractivity contribution is -0.140. The lowest BCUT2D eigenvalue weighted by Gasteiger charge is -2.23. The number of hydrogen-bond donors (Lipinski definition) is 2. The fourth-order valence-corrected chi connectivity index (χ4v) is 2.23. The van der Waals surface area contributed by atoms with Crippen molar-refractivity contribution >= 4 is 11.9 Å². The van der Waals surface area contributed by atoms with Crippen LogP contribution in [0.4, 0.5) is 0 Å². The summed E-state index contributed by atoms with van der Waals surface area (Å²) in [7, 11) is 0. The van der Waals surface area contributed by atoms with Gasteiger partial charge in [0, 0.05) is 5.56 Å². The summed E-state index contributed by atoms with van der Waals surface area (Å²) in [6, 6.07) is 17.0. The highest BCUT2D eigenvalue weighted by Gasteiger charge is 2.28. The van der Waals surface area contributed by atoms with Gasteiger partial charge in [0.2, 0.25) is 0 Å². The number of carbonyl (C=O) groups excluding carboxylic acids is 1. The third-order valence-corrected chi connectivity index (χ3v) is 3.38. The van der Waals surface area contributed by atoms with Crippen molar-refractivity contribution in [2.24, 2.45) is 5.92 Å². The molecule has 0 radical (unpaired) electrons. The maximum Gasteiger partial charge on any atom is 0.312 e. The molecule has 0 saturated carbocycles. The molecule has 1 amide bonds. The Bertz CT molecular complexity index is 653. The van der Waals surface area contributed by atoms with Crippen LogP contribution in [0.3, 0.4) is 0 Å². The van der Waals surface area contributed by atoms with Crippen LogP contribution < -0.4 is 5.32 Å². The van der Waals surface area contributed by atoms with E-state index in [-0.39, 0.29) is 5.91 Å². The van der Waals surface area contributed by atoms with Crippen LogP contribution in [0, 0.1) is 5.92 Å². The van der Waals surface area contributed by atoms with E-state index >= 15 is 0 Å². The van der Waals surface area contributed by atoms with Gasteiger partial charge in [-0.2, -0.15) is 0 Å². The van der Waals surface area contributed by atoms with Gasteiger partial charge in [0.15, 0.2) is 0 Å². The third-order valence-electron chi connectivity index (χ3n) is 3.38. The molecule has 2 atom stereocenters. The fraction of sp³-hybridized carbons (Fsp3) is 0.111. The summed E-state index contributed by atoms with van der Waals surface area (Å²) in [5.74, 6) is -2.25. The summed E-state index contributed by atoms with van der Waals surface area (Å²) in [5, 5.41) is 12.2. The molecule has 0 aromatic heterocycles. The van der Waals surface area contributed by atoms with Crippen molar-refractivity contribution in [1.29, 1.82) is 0 Å². The number of amides is 1. The largest absolute Gasteiger partial charge is 0.481 e. The Morgan fingerprint density at radius 3 is 2.05 bits per heavy atom. The van der Waals surface area contributed by atoms with Crippen molar-refractivity contribution in [3.05, 3.63) is 84.4 Å². The predicted molar refractivity (Wildman–Crippen MR) is 84.4 cm³/mol. The van der Waals surface area contributed by atoms with E-state index in [1.54, 1.807) is 48.5 Å². The SMILES string of the molecule is C=C[C@@H](C(=O)O)[C@@H](NC(=O)c1ccccc1)c1ccccc1. The zero-order valence-electron chi connectivity index (χ0n) is 12.0. The Morgan fingerprint density at radius 2 is 1.55 bits per heavy atom. The van der Waals surface area contributed by atoms with E-state index < -0.39 is 17.9 Å². The summed E-state index contributed by atoms with van der Waals surface area (Å²) in [5.41, 5.74) is 1.20. The third kappa shape index (κ3) is 3.61. The Kier molecular flexibility index (Phi) is 5.09. The van der Waals surface area contributed by atoms with Gasteiger partial charge in [0.25, 0.3) is 5.91 Å². The van der Waals surface area contributed by atoms with Crippen molar-refractivity contribution < 1.29 is 14.7 Å². The van der Waals surface area contributed by atoms with Crippen molar-refractivity contribution in [2.45, 2.75) is 6.04 Å². The van der Waals surface area contributed by atoms with Crippen LogP contribution in [0.5, 0.6) is 0 Å². The topological polar surface area (TPSA) is 66.4 Å². The van der Waals surface area contributed by atoms with E-state index in [0.29, 0.717) is 5.56 Å². The molecule has 0 saturated heterocycles. The van der Waals surface area contributed by atoms with Gasteiger partial charge in [-0.1, -0.05) is 54.6 Å². The molecule has 0 aliphatic heterocycles. The lowest BCUT2D eigenvalue weighted by Crippen LogP contribution is -2.36. The zero-order valence-corrected chi connectivity index (χ0v) is 12.0. The molecule has 2 aromatic rings. The summed E-state index contributed by atoms with van der Waals surface area (Å²) < 4.78 is 0. The van der Waals surface area contributed by atoms with E-state index in [2.05, 4.69) is 11.9 Å². The number of carboxylic acids is 1. The average Bonchev–Trinajstić information content (AvgIpc) is 2.55. The number of aliphatic carboxylic acids is 1. The Hall–Kier alpha value is -2.88. The van der Waals surface area contributed by atoms with Crippen LogP contribution in [0.15, 0.2) is 73.3 Å². The molecule has 2 aromatic carbocycles. The van der Waals surface area contributed by atoms with Gasteiger partial charge in [0.05, 0.1) is 12.0 Å². The number of carboxylic acid groups (broad SMARTS) is 1. The molecule has 0 fully saturated rings. The fourth-order valence-electron chi connectivity index (χ4n) is 2.23. The van der Waals surface area contributed by atoms with Gasteiger partial charge in [0.1, 0.15) is 0 Å². The Balaban J connectivity index is 2.31. The van der Waals surface area contributed by atoms with Crippen LogP contribution in [-0.4, -0.2) is 17.0 Å². The molecule has 2 N–H and O–H groups in total. The van der Waals surface area contributed by atoms with Gasteiger partial charge in [-0.05, 0) is 17.7 Å². The van der Waals surface area contributed by atoms with Gasteiger partial charge in [-0.15, -0.1) is 6.58 Å². The van der Waals surface area contributed by atoms with Crippen LogP contribution in [0.2, 0.25) is 0 Å². The molecule has 22 heavy (non-hydrogen) atoms. The molecule has 4 heteroatoms. The molecule has 2 rings (SSSR count). The molecule has 0 bridgehead atoms. The first-order chi connectivity index (χ1) is 10.6. The number of hydrogen-bond acceptors (Lipinski definition) is 2. The summed E-state index contributed by atoms with van der Waals surface area (Å²) in [6.45, 7) is 3.58. The second-order valence-electron chi connectivity index (χ2n) is 4.83. The van der Waals surface area contributed by atoms with Crippen molar-refractivity contribution in [1.82, 2.24) is 5.32 Å². The highest BCUT2D eigenvalue weighted by molar-refractivity contribution is 5.94. The second kappa shape index (κ2) is 7.22. The van der Waals surface area contributed by atoms with Crippen molar-refractivity contribution in [2.75, 3.05) is 0 Å². The summed E-state index contributed by atoms with van der Waals surface area (Å²) in [6.07, 6.45) is 1.34. The van der Waals surface area contributed by atoms with E-state index in [1.807, 2.05) is 12.1 Å².